The fourth-order valence-corrected chi connectivity index (χ4v) is 2.47. The molecule has 6 heteroatoms. The molecule has 0 atom stereocenters. The van der Waals surface area contributed by atoms with Gasteiger partial charge in [0, 0.05) is 5.56 Å². The van der Waals surface area contributed by atoms with Crippen molar-refractivity contribution in [3.8, 4) is 11.4 Å². The van der Waals surface area contributed by atoms with Crippen molar-refractivity contribution in [2.75, 3.05) is 6.26 Å². The van der Waals surface area contributed by atoms with Crippen LogP contribution in [0.3, 0.4) is 0 Å². The van der Waals surface area contributed by atoms with Crippen molar-refractivity contribution in [3.63, 3.8) is 0 Å². The van der Waals surface area contributed by atoms with E-state index < -0.39 is 0 Å². The summed E-state index contributed by atoms with van der Waals surface area (Å²) in [5.41, 5.74) is 2.70. The minimum atomic E-state index is 0.557. The molecule has 2 heterocycles. The SMILES string of the molecule is CSc1n[nH]c(=S)c2nc(-c3ccccc3)[nH]c12. The Kier molecular flexibility index (Phi) is 2.89. The van der Waals surface area contributed by atoms with Crippen LogP contribution in [0.25, 0.3) is 22.4 Å². The van der Waals surface area contributed by atoms with Gasteiger partial charge in [-0.25, -0.2) is 4.98 Å². The second-order valence-electron chi connectivity index (χ2n) is 3.74. The van der Waals surface area contributed by atoms with Crippen LogP contribution >= 0.6 is 24.0 Å². The Bertz CT molecular complexity index is 746. The average molecular weight is 274 g/mol. The first-order chi connectivity index (χ1) is 8.79. The van der Waals surface area contributed by atoms with Crippen molar-refractivity contribution < 1.29 is 0 Å². The van der Waals surface area contributed by atoms with Crippen LogP contribution in [0.4, 0.5) is 0 Å². The lowest BCUT2D eigenvalue weighted by Crippen LogP contribution is -1.87. The zero-order valence-electron chi connectivity index (χ0n) is 9.60. The van der Waals surface area contributed by atoms with Crippen LogP contribution in [0.1, 0.15) is 0 Å². The fraction of sp³-hybridized carbons (Fsp3) is 0.0833. The van der Waals surface area contributed by atoms with Crippen molar-refractivity contribution in [2.24, 2.45) is 0 Å². The maximum Gasteiger partial charge on any atom is 0.147 e. The topological polar surface area (TPSA) is 57.4 Å². The Labute approximate surface area is 113 Å². The number of benzene rings is 1. The number of aromatic nitrogens is 4. The minimum absolute atomic E-state index is 0.557. The molecule has 0 amide bonds. The lowest BCUT2D eigenvalue weighted by molar-refractivity contribution is 0.941. The molecule has 4 nitrogen and oxygen atoms in total. The van der Waals surface area contributed by atoms with Crippen molar-refractivity contribution >= 4 is 35.0 Å². The van der Waals surface area contributed by atoms with E-state index in [-0.39, 0.29) is 0 Å². The van der Waals surface area contributed by atoms with Gasteiger partial charge in [-0.2, -0.15) is 5.10 Å². The summed E-state index contributed by atoms with van der Waals surface area (Å²) in [7, 11) is 0. The number of nitrogens with one attached hydrogen (secondary N) is 2. The van der Waals surface area contributed by atoms with E-state index in [9.17, 15) is 0 Å². The number of nitrogens with zero attached hydrogens (tertiary/aromatic N) is 2. The number of thioether (sulfide) groups is 1. The molecule has 0 radical (unpaired) electrons. The van der Waals surface area contributed by atoms with Gasteiger partial charge in [-0.1, -0.05) is 42.5 Å². The number of rotatable bonds is 2. The monoisotopic (exact) mass is 274 g/mol. The zero-order chi connectivity index (χ0) is 12.5. The summed E-state index contributed by atoms with van der Waals surface area (Å²) in [5.74, 6) is 0.813. The molecule has 0 aliphatic rings. The van der Waals surface area contributed by atoms with Gasteiger partial charge in [0.25, 0.3) is 0 Å². The Morgan fingerprint density at radius 1 is 1.22 bits per heavy atom. The molecule has 3 rings (SSSR count). The van der Waals surface area contributed by atoms with Crippen molar-refractivity contribution in [1.82, 2.24) is 20.2 Å². The van der Waals surface area contributed by atoms with Crippen LogP contribution < -0.4 is 0 Å². The Morgan fingerprint density at radius 3 is 2.72 bits per heavy atom. The molecule has 1 aromatic carbocycles. The largest absolute Gasteiger partial charge is 0.336 e. The van der Waals surface area contributed by atoms with Crippen LogP contribution in [-0.4, -0.2) is 26.4 Å². The average Bonchev–Trinajstić information content (AvgIpc) is 2.86. The van der Waals surface area contributed by atoms with E-state index in [1.54, 1.807) is 11.8 Å². The maximum atomic E-state index is 5.21. The molecule has 2 aromatic heterocycles. The zero-order valence-corrected chi connectivity index (χ0v) is 11.2. The lowest BCUT2D eigenvalue weighted by Gasteiger charge is -1.95. The van der Waals surface area contributed by atoms with Crippen LogP contribution in [-0.2, 0) is 0 Å². The first-order valence-corrected chi connectivity index (χ1v) is 7.00. The number of H-pyrrole nitrogens is 2. The summed E-state index contributed by atoms with van der Waals surface area (Å²) in [6.07, 6.45) is 1.97. The number of hydrogen-bond acceptors (Lipinski definition) is 4. The van der Waals surface area contributed by atoms with Gasteiger partial charge in [-0.15, -0.1) is 11.8 Å². The highest BCUT2D eigenvalue weighted by Crippen LogP contribution is 2.25. The maximum absolute atomic E-state index is 5.21. The van der Waals surface area contributed by atoms with Crippen LogP contribution in [0, 0.1) is 4.64 Å². The molecule has 0 unspecified atom stereocenters. The van der Waals surface area contributed by atoms with E-state index in [0.717, 1.165) is 27.4 Å². The summed E-state index contributed by atoms with van der Waals surface area (Å²) >= 11 is 6.77. The van der Waals surface area contributed by atoms with Crippen molar-refractivity contribution in [2.45, 2.75) is 5.03 Å². The Hall–Kier alpha value is -1.66. The standard InChI is InChI=1S/C12H10N4S2/c1-18-12-9-8(11(17)15-16-12)13-10(14-9)7-5-3-2-4-6-7/h2-6H,1H3,(H,13,14)(H,15,17). The molecule has 0 aliphatic carbocycles. The van der Waals surface area contributed by atoms with E-state index in [1.165, 1.54) is 0 Å². The van der Waals surface area contributed by atoms with Crippen molar-refractivity contribution in [3.05, 3.63) is 35.0 Å². The molecule has 0 saturated carbocycles. The quantitative estimate of drug-likeness (QED) is 0.555. The number of hydrogen-bond donors (Lipinski definition) is 2. The number of imidazole rings is 1. The van der Waals surface area contributed by atoms with E-state index in [1.807, 2.05) is 36.6 Å². The second kappa shape index (κ2) is 4.55. The van der Waals surface area contributed by atoms with Gasteiger partial charge in [-0.05, 0) is 6.26 Å². The molecular formula is C12H10N4S2. The van der Waals surface area contributed by atoms with E-state index in [0.29, 0.717) is 4.64 Å². The van der Waals surface area contributed by atoms with Gasteiger partial charge in [0.1, 0.15) is 26.5 Å². The molecule has 0 spiro atoms. The summed E-state index contributed by atoms with van der Waals surface area (Å²) in [4.78, 5) is 7.84. The third-order valence-corrected chi connectivity index (χ3v) is 3.60. The molecule has 0 fully saturated rings. The molecule has 0 bridgehead atoms. The summed E-state index contributed by atoms with van der Waals surface area (Å²) < 4.78 is 0.557. The number of fused-ring (bicyclic) bond motifs is 1. The predicted molar refractivity (Wildman–Crippen MR) is 76.3 cm³/mol. The van der Waals surface area contributed by atoms with E-state index >= 15 is 0 Å². The first-order valence-electron chi connectivity index (χ1n) is 5.37. The molecular weight excluding hydrogens is 264 g/mol. The predicted octanol–water partition coefficient (Wildman–Crippen LogP) is 3.40. The van der Waals surface area contributed by atoms with Gasteiger partial charge in [-0.3, -0.25) is 5.10 Å². The van der Waals surface area contributed by atoms with E-state index in [2.05, 4.69) is 20.2 Å². The van der Waals surface area contributed by atoms with Crippen LogP contribution in [0.5, 0.6) is 0 Å². The van der Waals surface area contributed by atoms with Crippen LogP contribution in [0.15, 0.2) is 35.4 Å². The normalized spacial score (nSPS) is 10.9. The highest BCUT2D eigenvalue weighted by atomic mass is 32.2. The van der Waals surface area contributed by atoms with Crippen molar-refractivity contribution in [1.29, 1.82) is 0 Å². The molecule has 0 aliphatic heterocycles. The third-order valence-electron chi connectivity index (χ3n) is 2.63. The summed E-state index contributed by atoms with van der Waals surface area (Å²) in [6.45, 7) is 0. The third kappa shape index (κ3) is 1.83. The molecule has 0 saturated heterocycles. The molecule has 18 heavy (non-hydrogen) atoms. The van der Waals surface area contributed by atoms with E-state index in [4.69, 9.17) is 12.2 Å². The molecule has 2 N–H and O–H groups in total. The van der Waals surface area contributed by atoms with Gasteiger partial charge in [0.15, 0.2) is 0 Å². The van der Waals surface area contributed by atoms with Gasteiger partial charge < -0.3 is 4.98 Å². The Balaban J connectivity index is 2.29. The first kappa shape index (κ1) is 11.4. The Morgan fingerprint density at radius 2 is 2.00 bits per heavy atom. The number of aromatic amines is 2. The van der Waals surface area contributed by atoms with Gasteiger partial charge in [0.2, 0.25) is 0 Å². The van der Waals surface area contributed by atoms with Gasteiger partial charge >= 0.3 is 0 Å². The summed E-state index contributed by atoms with van der Waals surface area (Å²) in [6, 6.07) is 9.97. The van der Waals surface area contributed by atoms with Crippen LogP contribution in [0.2, 0.25) is 0 Å². The minimum Gasteiger partial charge on any atom is -0.336 e. The molecule has 90 valence electrons. The summed E-state index contributed by atoms with van der Waals surface area (Å²) in [5, 5.41) is 7.88. The molecule has 3 aromatic rings. The van der Waals surface area contributed by atoms with Gasteiger partial charge in [0.05, 0.1) is 0 Å². The smallest absolute Gasteiger partial charge is 0.147 e. The highest BCUT2D eigenvalue weighted by molar-refractivity contribution is 7.98. The second-order valence-corrected chi connectivity index (χ2v) is 4.94. The highest BCUT2D eigenvalue weighted by Gasteiger charge is 2.10. The fourth-order valence-electron chi connectivity index (χ4n) is 1.78. The lowest BCUT2D eigenvalue weighted by atomic mass is 10.2.